The van der Waals surface area contributed by atoms with Gasteiger partial charge in [0.1, 0.15) is 6.61 Å². The van der Waals surface area contributed by atoms with E-state index in [2.05, 4.69) is 5.32 Å². The molecule has 1 amide bonds. The van der Waals surface area contributed by atoms with Crippen LogP contribution in [0.5, 0.6) is 0 Å². The van der Waals surface area contributed by atoms with Gasteiger partial charge in [0.15, 0.2) is 0 Å². The van der Waals surface area contributed by atoms with Gasteiger partial charge in [0.2, 0.25) is 5.91 Å². The molecule has 1 heterocycles. The molecule has 5 heteroatoms. The number of hydrogen-bond acceptors (Lipinski definition) is 3. The zero-order valence-electron chi connectivity index (χ0n) is 9.71. The predicted molar refractivity (Wildman–Crippen MR) is 62.4 cm³/mol. The first-order valence-corrected chi connectivity index (χ1v) is 5.11. The van der Waals surface area contributed by atoms with E-state index in [1.807, 2.05) is 25.7 Å². The number of carbonyl (C=O) groups excluding carboxylic acids is 1. The number of halogens is 1. The van der Waals surface area contributed by atoms with Crippen LogP contribution in [0.1, 0.15) is 20.8 Å². The van der Waals surface area contributed by atoms with Crippen LogP contribution in [0.4, 0.5) is 0 Å². The number of piperazine rings is 1. The van der Waals surface area contributed by atoms with Crippen molar-refractivity contribution in [1.29, 1.82) is 0 Å². The fraction of sp³-hybridized carbons (Fsp3) is 0.900. The molecule has 0 aromatic rings. The summed E-state index contributed by atoms with van der Waals surface area (Å²) >= 11 is 0. The van der Waals surface area contributed by atoms with E-state index in [0.717, 1.165) is 26.2 Å². The van der Waals surface area contributed by atoms with E-state index < -0.39 is 0 Å². The lowest BCUT2D eigenvalue weighted by molar-refractivity contribution is -0.141. The van der Waals surface area contributed by atoms with Crippen LogP contribution in [0.15, 0.2) is 0 Å². The molecule has 4 nitrogen and oxygen atoms in total. The van der Waals surface area contributed by atoms with Crippen LogP contribution in [0.3, 0.4) is 0 Å². The van der Waals surface area contributed by atoms with Crippen molar-refractivity contribution in [2.75, 3.05) is 32.8 Å². The Balaban J connectivity index is 0.00000196. The van der Waals surface area contributed by atoms with E-state index in [1.54, 1.807) is 0 Å². The molecule has 1 fully saturated rings. The molecule has 0 aliphatic carbocycles. The molecule has 0 saturated carbocycles. The van der Waals surface area contributed by atoms with E-state index in [9.17, 15) is 4.79 Å². The molecule has 0 aromatic carbocycles. The van der Waals surface area contributed by atoms with Gasteiger partial charge in [-0.2, -0.15) is 0 Å². The molecule has 1 aliphatic rings. The Kier molecular flexibility index (Phi) is 6.17. The van der Waals surface area contributed by atoms with Crippen molar-refractivity contribution >= 4 is 18.3 Å². The lowest BCUT2D eigenvalue weighted by atomic mass is 10.2. The van der Waals surface area contributed by atoms with Crippen LogP contribution in [0.25, 0.3) is 0 Å². The van der Waals surface area contributed by atoms with Gasteiger partial charge in [-0.3, -0.25) is 4.79 Å². The van der Waals surface area contributed by atoms with Gasteiger partial charge < -0.3 is 15.0 Å². The van der Waals surface area contributed by atoms with Gasteiger partial charge in [-0.25, -0.2) is 0 Å². The maximum Gasteiger partial charge on any atom is 0.248 e. The van der Waals surface area contributed by atoms with Crippen molar-refractivity contribution in [3.8, 4) is 0 Å². The molecule has 1 aliphatic heterocycles. The number of rotatable bonds is 2. The van der Waals surface area contributed by atoms with Crippen LogP contribution >= 0.6 is 12.4 Å². The highest BCUT2D eigenvalue weighted by Gasteiger charge is 2.19. The van der Waals surface area contributed by atoms with Crippen LogP contribution in [-0.2, 0) is 9.53 Å². The second-order valence-electron chi connectivity index (χ2n) is 4.53. The van der Waals surface area contributed by atoms with E-state index in [1.165, 1.54) is 0 Å². The third-order valence-electron chi connectivity index (χ3n) is 2.10. The summed E-state index contributed by atoms with van der Waals surface area (Å²) in [6.07, 6.45) is 0. The lowest BCUT2D eigenvalue weighted by Crippen LogP contribution is -2.48. The molecule has 0 atom stereocenters. The smallest absolute Gasteiger partial charge is 0.248 e. The molecule has 15 heavy (non-hydrogen) atoms. The lowest BCUT2D eigenvalue weighted by Gasteiger charge is -2.28. The average molecular weight is 237 g/mol. The molecular formula is C10H21ClN2O2. The van der Waals surface area contributed by atoms with Gasteiger partial charge in [0, 0.05) is 26.2 Å². The first kappa shape index (κ1) is 14.7. The number of amides is 1. The van der Waals surface area contributed by atoms with E-state index >= 15 is 0 Å². The van der Waals surface area contributed by atoms with Crippen molar-refractivity contribution in [3.63, 3.8) is 0 Å². The van der Waals surface area contributed by atoms with Crippen LogP contribution in [0, 0.1) is 0 Å². The van der Waals surface area contributed by atoms with Crippen molar-refractivity contribution in [3.05, 3.63) is 0 Å². The highest BCUT2D eigenvalue weighted by molar-refractivity contribution is 5.85. The first-order valence-electron chi connectivity index (χ1n) is 5.11. The SMILES string of the molecule is CC(C)(C)OCC(=O)N1CCNCC1.Cl. The third kappa shape index (κ3) is 5.97. The summed E-state index contributed by atoms with van der Waals surface area (Å²) in [7, 11) is 0. The van der Waals surface area contributed by atoms with Gasteiger partial charge in [0.25, 0.3) is 0 Å². The van der Waals surface area contributed by atoms with E-state index in [0.29, 0.717) is 0 Å². The quantitative estimate of drug-likeness (QED) is 0.766. The van der Waals surface area contributed by atoms with Crippen LogP contribution in [0.2, 0.25) is 0 Å². The van der Waals surface area contributed by atoms with Crippen molar-refractivity contribution in [2.45, 2.75) is 26.4 Å². The van der Waals surface area contributed by atoms with Crippen molar-refractivity contribution in [1.82, 2.24) is 10.2 Å². The summed E-state index contributed by atoms with van der Waals surface area (Å²) in [5, 5.41) is 3.21. The Bertz CT molecular complexity index is 198. The van der Waals surface area contributed by atoms with E-state index in [-0.39, 0.29) is 30.5 Å². The summed E-state index contributed by atoms with van der Waals surface area (Å²) in [4.78, 5) is 13.5. The summed E-state index contributed by atoms with van der Waals surface area (Å²) < 4.78 is 5.43. The van der Waals surface area contributed by atoms with Gasteiger partial charge in [-0.1, -0.05) is 0 Å². The summed E-state index contributed by atoms with van der Waals surface area (Å²) in [5.41, 5.74) is -0.232. The highest BCUT2D eigenvalue weighted by atomic mass is 35.5. The molecule has 0 bridgehead atoms. The number of nitrogens with one attached hydrogen (secondary N) is 1. The minimum absolute atomic E-state index is 0. The average Bonchev–Trinajstić information content (AvgIpc) is 2.14. The molecule has 1 saturated heterocycles. The maximum atomic E-state index is 11.6. The topological polar surface area (TPSA) is 41.6 Å². The normalized spacial score (nSPS) is 17.1. The Morgan fingerprint density at radius 1 is 1.33 bits per heavy atom. The largest absolute Gasteiger partial charge is 0.366 e. The second kappa shape index (κ2) is 6.30. The summed E-state index contributed by atoms with van der Waals surface area (Å²) in [6.45, 7) is 9.44. The zero-order valence-corrected chi connectivity index (χ0v) is 10.5. The third-order valence-corrected chi connectivity index (χ3v) is 2.10. The summed E-state index contributed by atoms with van der Waals surface area (Å²) in [5.74, 6) is 0.0985. The first-order chi connectivity index (χ1) is 6.49. The standard InChI is InChI=1S/C10H20N2O2.ClH/c1-10(2,3)14-8-9(13)12-6-4-11-5-7-12;/h11H,4-8H2,1-3H3;1H. The fourth-order valence-corrected chi connectivity index (χ4v) is 1.28. The number of carbonyl (C=O) groups is 1. The number of hydrogen-bond donors (Lipinski definition) is 1. The van der Waals surface area contributed by atoms with Gasteiger partial charge in [0.05, 0.1) is 5.60 Å². The Morgan fingerprint density at radius 2 is 1.87 bits per heavy atom. The zero-order chi connectivity index (χ0) is 10.6. The molecule has 1 rings (SSSR count). The number of ether oxygens (including phenoxy) is 1. The maximum absolute atomic E-state index is 11.6. The summed E-state index contributed by atoms with van der Waals surface area (Å²) in [6, 6.07) is 0. The number of nitrogens with zero attached hydrogens (tertiary/aromatic N) is 1. The van der Waals surface area contributed by atoms with Crippen molar-refractivity contribution in [2.24, 2.45) is 0 Å². The monoisotopic (exact) mass is 236 g/mol. The van der Waals surface area contributed by atoms with Crippen LogP contribution < -0.4 is 5.32 Å². The Morgan fingerprint density at radius 3 is 2.33 bits per heavy atom. The van der Waals surface area contributed by atoms with Gasteiger partial charge in [-0.15, -0.1) is 12.4 Å². The van der Waals surface area contributed by atoms with Crippen molar-refractivity contribution < 1.29 is 9.53 Å². The molecule has 0 aromatic heterocycles. The predicted octanol–water partition coefficient (Wildman–Crippen LogP) is 0.655. The highest BCUT2D eigenvalue weighted by Crippen LogP contribution is 2.07. The molecular weight excluding hydrogens is 216 g/mol. The molecule has 0 spiro atoms. The minimum Gasteiger partial charge on any atom is -0.366 e. The molecule has 90 valence electrons. The van der Waals surface area contributed by atoms with Gasteiger partial charge in [-0.05, 0) is 20.8 Å². The fourth-order valence-electron chi connectivity index (χ4n) is 1.28. The van der Waals surface area contributed by atoms with Crippen LogP contribution in [-0.4, -0.2) is 49.2 Å². The van der Waals surface area contributed by atoms with E-state index in [4.69, 9.17) is 4.74 Å². The molecule has 0 unspecified atom stereocenters. The Labute approximate surface area is 97.8 Å². The Hall–Kier alpha value is -0.320. The van der Waals surface area contributed by atoms with Gasteiger partial charge >= 0.3 is 0 Å². The molecule has 0 radical (unpaired) electrons. The second-order valence-corrected chi connectivity index (χ2v) is 4.53. The molecule has 1 N–H and O–H groups in total. The minimum atomic E-state index is -0.232.